The zero-order valence-corrected chi connectivity index (χ0v) is 12.1. The quantitative estimate of drug-likeness (QED) is 0.866. The molecular weight excluding hydrogens is 256 g/mol. The highest BCUT2D eigenvalue weighted by Gasteiger charge is 2.40. The highest BCUT2D eigenvalue weighted by Crippen LogP contribution is 2.28. The minimum absolute atomic E-state index is 0.257. The SMILES string of the molecule is COc1cccc(CN2CC(C)(CCCN)OC2=O)c1. The summed E-state index contributed by atoms with van der Waals surface area (Å²) in [6.45, 7) is 3.71. The van der Waals surface area contributed by atoms with Crippen molar-refractivity contribution < 1.29 is 14.3 Å². The number of carbonyl (C=O) groups excluding carboxylic acids is 1. The van der Waals surface area contributed by atoms with Crippen LogP contribution in [-0.2, 0) is 11.3 Å². The van der Waals surface area contributed by atoms with E-state index in [-0.39, 0.29) is 6.09 Å². The zero-order valence-electron chi connectivity index (χ0n) is 12.1. The molecule has 5 heteroatoms. The van der Waals surface area contributed by atoms with E-state index in [2.05, 4.69) is 0 Å². The van der Waals surface area contributed by atoms with Crippen LogP contribution in [0.1, 0.15) is 25.3 Å². The van der Waals surface area contributed by atoms with Crippen molar-refractivity contribution in [3.63, 3.8) is 0 Å². The average Bonchev–Trinajstić information content (AvgIpc) is 2.72. The lowest BCUT2D eigenvalue weighted by atomic mass is 10.00. The van der Waals surface area contributed by atoms with Crippen LogP contribution in [0.15, 0.2) is 24.3 Å². The standard InChI is InChI=1S/C15H22N2O3/c1-15(7-4-8-16)11-17(14(18)20-15)10-12-5-3-6-13(9-12)19-2/h3,5-6,9H,4,7-8,10-11,16H2,1-2H3. The minimum atomic E-state index is -0.421. The number of ether oxygens (including phenoxy) is 2. The lowest BCUT2D eigenvalue weighted by molar-refractivity contribution is 0.0638. The van der Waals surface area contributed by atoms with Gasteiger partial charge in [-0.15, -0.1) is 0 Å². The molecular formula is C15H22N2O3. The Bertz CT molecular complexity index is 478. The first-order valence-corrected chi connectivity index (χ1v) is 6.87. The van der Waals surface area contributed by atoms with E-state index in [1.807, 2.05) is 31.2 Å². The Morgan fingerprint density at radius 1 is 1.50 bits per heavy atom. The molecule has 2 N–H and O–H groups in total. The number of nitrogens with two attached hydrogens (primary N) is 1. The van der Waals surface area contributed by atoms with Crippen LogP contribution in [0.3, 0.4) is 0 Å². The molecule has 1 aromatic carbocycles. The molecule has 1 amide bonds. The first-order chi connectivity index (χ1) is 9.56. The fraction of sp³-hybridized carbons (Fsp3) is 0.533. The van der Waals surface area contributed by atoms with Gasteiger partial charge in [-0.25, -0.2) is 4.79 Å². The first-order valence-electron chi connectivity index (χ1n) is 6.87. The summed E-state index contributed by atoms with van der Waals surface area (Å²) >= 11 is 0. The lowest BCUT2D eigenvalue weighted by Gasteiger charge is -2.21. The topological polar surface area (TPSA) is 64.8 Å². The van der Waals surface area contributed by atoms with Crippen LogP contribution in [-0.4, -0.2) is 36.8 Å². The Labute approximate surface area is 119 Å². The third-order valence-electron chi connectivity index (χ3n) is 3.53. The van der Waals surface area contributed by atoms with Crippen LogP contribution in [0.5, 0.6) is 5.75 Å². The number of hydrogen-bond acceptors (Lipinski definition) is 4. The summed E-state index contributed by atoms with van der Waals surface area (Å²) in [5.41, 5.74) is 6.13. The number of carbonyl (C=O) groups is 1. The highest BCUT2D eigenvalue weighted by atomic mass is 16.6. The van der Waals surface area contributed by atoms with Crippen LogP contribution in [0, 0.1) is 0 Å². The van der Waals surface area contributed by atoms with E-state index < -0.39 is 5.60 Å². The van der Waals surface area contributed by atoms with Gasteiger partial charge >= 0.3 is 6.09 Å². The molecule has 1 aliphatic heterocycles. The first kappa shape index (κ1) is 14.7. The molecule has 110 valence electrons. The number of benzene rings is 1. The Morgan fingerprint density at radius 2 is 2.30 bits per heavy atom. The van der Waals surface area contributed by atoms with Gasteiger partial charge in [0.15, 0.2) is 0 Å². The Kier molecular flexibility index (Phi) is 4.49. The van der Waals surface area contributed by atoms with Gasteiger partial charge in [-0.05, 0) is 44.0 Å². The van der Waals surface area contributed by atoms with E-state index in [4.69, 9.17) is 15.2 Å². The maximum atomic E-state index is 12.0. The van der Waals surface area contributed by atoms with Crippen LogP contribution >= 0.6 is 0 Å². The molecule has 0 radical (unpaired) electrons. The second-order valence-corrected chi connectivity index (χ2v) is 5.42. The molecule has 0 spiro atoms. The van der Waals surface area contributed by atoms with Crippen molar-refractivity contribution in [3.8, 4) is 5.75 Å². The van der Waals surface area contributed by atoms with Crippen LogP contribution in [0.25, 0.3) is 0 Å². The van der Waals surface area contributed by atoms with Gasteiger partial charge in [0.1, 0.15) is 11.4 Å². The molecule has 2 rings (SSSR count). The van der Waals surface area contributed by atoms with Crippen LogP contribution < -0.4 is 10.5 Å². The minimum Gasteiger partial charge on any atom is -0.497 e. The third-order valence-corrected chi connectivity index (χ3v) is 3.53. The summed E-state index contributed by atoms with van der Waals surface area (Å²) in [7, 11) is 1.63. The number of hydrogen-bond donors (Lipinski definition) is 1. The fourth-order valence-electron chi connectivity index (χ4n) is 2.49. The van der Waals surface area contributed by atoms with Gasteiger partial charge in [0.05, 0.1) is 13.7 Å². The van der Waals surface area contributed by atoms with E-state index in [9.17, 15) is 4.79 Å². The average molecular weight is 278 g/mol. The molecule has 1 saturated heterocycles. The van der Waals surface area contributed by atoms with Crippen LogP contribution in [0.4, 0.5) is 4.79 Å². The molecule has 1 aliphatic rings. The number of rotatable bonds is 6. The predicted octanol–water partition coefficient (Wildman–Crippen LogP) is 2.14. The van der Waals surface area contributed by atoms with Crippen molar-refractivity contribution in [2.45, 2.75) is 31.9 Å². The largest absolute Gasteiger partial charge is 0.497 e. The molecule has 5 nitrogen and oxygen atoms in total. The maximum Gasteiger partial charge on any atom is 0.410 e. The highest BCUT2D eigenvalue weighted by molar-refractivity contribution is 5.70. The number of methoxy groups -OCH3 is 1. The van der Waals surface area contributed by atoms with Gasteiger partial charge in [0, 0.05) is 6.54 Å². The van der Waals surface area contributed by atoms with Crippen molar-refractivity contribution in [1.29, 1.82) is 0 Å². The fourth-order valence-corrected chi connectivity index (χ4v) is 2.49. The van der Waals surface area contributed by atoms with E-state index >= 15 is 0 Å². The van der Waals surface area contributed by atoms with Gasteiger partial charge in [0.2, 0.25) is 0 Å². The summed E-state index contributed by atoms with van der Waals surface area (Å²) in [6, 6.07) is 7.72. The summed E-state index contributed by atoms with van der Waals surface area (Å²) in [4.78, 5) is 13.7. The molecule has 0 bridgehead atoms. The Balaban J connectivity index is 2.01. The zero-order chi connectivity index (χ0) is 14.6. The number of cyclic esters (lactones) is 1. The molecule has 0 aromatic heterocycles. The molecule has 1 fully saturated rings. The predicted molar refractivity (Wildman–Crippen MR) is 76.6 cm³/mol. The molecule has 0 saturated carbocycles. The molecule has 1 aromatic rings. The lowest BCUT2D eigenvalue weighted by Crippen LogP contribution is -2.31. The summed E-state index contributed by atoms with van der Waals surface area (Å²) in [6.07, 6.45) is 1.40. The summed E-state index contributed by atoms with van der Waals surface area (Å²) in [5, 5.41) is 0. The van der Waals surface area contributed by atoms with Crippen molar-refractivity contribution >= 4 is 6.09 Å². The molecule has 0 aliphatic carbocycles. The third kappa shape index (κ3) is 3.42. The number of amides is 1. The summed E-state index contributed by atoms with van der Waals surface area (Å²) < 4.78 is 10.7. The summed E-state index contributed by atoms with van der Waals surface area (Å²) in [5.74, 6) is 0.793. The van der Waals surface area contributed by atoms with Gasteiger partial charge in [-0.3, -0.25) is 4.90 Å². The van der Waals surface area contributed by atoms with Crippen molar-refractivity contribution in [3.05, 3.63) is 29.8 Å². The van der Waals surface area contributed by atoms with E-state index in [1.165, 1.54) is 0 Å². The Hall–Kier alpha value is -1.75. The smallest absolute Gasteiger partial charge is 0.410 e. The Morgan fingerprint density at radius 3 is 3.00 bits per heavy atom. The van der Waals surface area contributed by atoms with Crippen molar-refractivity contribution in [1.82, 2.24) is 4.90 Å². The second-order valence-electron chi connectivity index (χ2n) is 5.42. The maximum absolute atomic E-state index is 12.0. The van der Waals surface area contributed by atoms with Crippen molar-refractivity contribution in [2.24, 2.45) is 5.73 Å². The van der Waals surface area contributed by atoms with E-state index in [0.717, 1.165) is 24.2 Å². The van der Waals surface area contributed by atoms with Gasteiger partial charge in [0.25, 0.3) is 0 Å². The molecule has 20 heavy (non-hydrogen) atoms. The monoisotopic (exact) mass is 278 g/mol. The molecule has 1 heterocycles. The van der Waals surface area contributed by atoms with Crippen LogP contribution in [0.2, 0.25) is 0 Å². The van der Waals surface area contributed by atoms with Gasteiger partial charge in [-0.1, -0.05) is 12.1 Å². The molecule has 1 atom stereocenters. The number of nitrogens with zero attached hydrogens (tertiary/aromatic N) is 1. The van der Waals surface area contributed by atoms with Gasteiger partial charge < -0.3 is 15.2 Å². The van der Waals surface area contributed by atoms with E-state index in [0.29, 0.717) is 19.6 Å². The van der Waals surface area contributed by atoms with Crippen molar-refractivity contribution in [2.75, 3.05) is 20.2 Å². The van der Waals surface area contributed by atoms with E-state index in [1.54, 1.807) is 12.0 Å². The molecule has 1 unspecified atom stereocenters. The second kappa shape index (κ2) is 6.13. The normalized spacial score (nSPS) is 21.9. The van der Waals surface area contributed by atoms with Gasteiger partial charge in [-0.2, -0.15) is 0 Å².